The second-order valence-corrected chi connectivity index (χ2v) is 4.71. The van der Waals surface area contributed by atoms with Gasteiger partial charge in [0.25, 0.3) is 0 Å². The van der Waals surface area contributed by atoms with E-state index in [0.717, 1.165) is 0 Å². The number of aliphatic hydroxyl groups excluding tert-OH is 1. The number of aliphatic hydroxyl groups is 1. The maximum Gasteiger partial charge on any atom is 0.357 e. The first-order valence-electron chi connectivity index (χ1n) is 6.19. The third-order valence-corrected chi connectivity index (χ3v) is 2.49. The van der Waals surface area contributed by atoms with Crippen LogP contribution in [0.15, 0.2) is 16.3 Å². The fraction of sp³-hybridized carbons (Fsp3) is 0.615. The second-order valence-electron chi connectivity index (χ2n) is 4.71. The number of hydrogen-bond donors (Lipinski definition) is 1. The van der Waals surface area contributed by atoms with Crippen molar-refractivity contribution in [3.05, 3.63) is 11.3 Å². The smallest absolute Gasteiger partial charge is 0.357 e. The van der Waals surface area contributed by atoms with Crippen molar-refractivity contribution in [1.82, 2.24) is 0 Å². The minimum Gasteiger partial charge on any atom is -0.511 e. The van der Waals surface area contributed by atoms with Gasteiger partial charge in [0.1, 0.15) is 11.3 Å². The first-order chi connectivity index (χ1) is 8.82. The lowest BCUT2D eigenvalue weighted by Gasteiger charge is -2.26. The Bertz CT molecular complexity index is 448. The predicted octanol–water partition coefficient (Wildman–Crippen LogP) is 1.55. The van der Waals surface area contributed by atoms with Crippen LogP contribution >= 0.6 is 0 Å². The van der Waals surface area contributed by atoms with Gasteiger partial charge in [-0.25, -0.2) is 9.59 Å². The van der Waals surface area contributed by atoms with Crippen LogP contribution in [0, 0.1) is 0 Å². The minimum atomic E-state index is -0.762. The van der Waals surface area contributed by atoms with Gasteiger partial charge >= 0.3 is 11.9 Å². The molecule has 0 amide bonds. The Morgan fingerprint density at radius 2 is 1.74 bits per heavy atom. The van der Waals surface area contributed by atoms with Crippen molar-refractivity contribution in [2.24, 2.45) is 4.99 Å². The summed E-state index contributed by atoms with van der Waals surface area (Å²) in [5.74, 6) is -1.69. The van der Waals surface area contributed by atoms with E-state index < -0.39 is 17.5 Å². The molecule has 0 fully saturated rings. The molecule has 0 aromatic rings. The van der Waals surface area contributed by atoms with Gasteiger partial charge in [-0.1, -0.05) is 0 Å². The first kappa shape index (κ1) is 15.2. The molecule has 106 valence electrons. The molecule has 1 aliphatic heterocycles. The summed E-state index contributed by atoms with van der Waals surface area (Å²) in [4.78, 5) is 27.8. The van der Waals surface area contributed by atoms with E-state index in [-0.39, 0.29) is 36.7 Å². The van der Waals surface area contributed by atoms with Crippen LogP contribution in [0.3, 0.4) is 0 Å². The Morgan fingerprint density at radius 1 is 1.21 bits per heavy atom. The van der Waals surface area contributed by atoms with Crippen LogP contribution in [0.1, 0.15) is 34.1 Å². The molecular weight excluding hydrogens is 250 g/mol. The number of hydrogen-bond acceptors (Lipinski definition) is 6. The number of carbonyl (C=O) groups excluding carboxylic acids is 2. The van der Waals surface area contributed by atoms with E-state index in [9.17, 15) is 14.7 Å². The summed E-state index contributed by atoms with van der Waals surface area (Å²) in [6.07, 6.45) is 0.171. The minimum absolute atomic E-state index is 0.148. The Balaban J connectivity index is 3.20. The molecule has 6 nitrogen and oxygen atoms in total. The van der Waals surface area contributed by atoms with Crippen LogP contribution < -0.4 is 0 Å². The molecule has 0 unspecified atom stereocenters. The lowest BCUT2D eigenvalue weighted by molar-refractivity contribution is -0.140. The van der Waals surface area contributed by atoms with Gasteiger partial charge < -0.3 is 14.6 Å². The van der Waals surface area contributed by atoms with Crippen LogP contribution in [0.2, 0.25) is 0 Å². The molecule has 0 atom stereocenters. The van der Waals surface area contributed by atoms with Gasteiger partial charge in [-0.3, -0.25) is 4.99 Å². The molecule has 0 saturated carbocycles. The van der Waals surface area contributed by atoms with Crippen molar-refractivity contribution >= 4 is 17.7 Å². The van der Waals surface area contributed by atoms with Crippen molar-refractivity contribution in [2.45, 2.75) is 39.7 Å². The average Bonchev–Trinajstić information content (AvgIpc) is 2.27. The molecule has 1 aliphatic rings. The second kappa shape index (κ2) is 5.86. The lowest BCUT2D eigenvalue weighted by atomic mass is 9.92. The quantitative estimate of drug-likeness (QED) is 0.782. The van der Waals surface area contributed by atoms with Crippen molar-refractivity contribution < 1.29 is 24.2 Å². The van der Waals surface area contributed by atoms with Gasteiger partial charge in [0.2, 0.25) is 0 Å². The highest BCUT2D eigenvalue weighted by atomic mass is 16.5. The number of esters is 2. The predicted molar refractivity (Wildman–Crippen MR) is 69.1 cm³/mol. The Kier molecular flexibility index (Phi) is 4.69. The van der Waals surface area contributed by atoms with Gasteiger partial charge in [0, 0.05) is 6.42 Å². The Labute approximate surface area is 112 Å². The van der Waals surface area contributed by atoms with Crippen molar-refractivity contribution in [3.63, 3.8) is 0 Å². The lowest BCUT2D eigenvalue weighted by Crippen LogP contribution is -2.35. The zero-order valence-electron chi connectivity index (χ0n) is 11.6. The van der Waals surface area contributed by atoms with Gasteiger partial charge in [-0.2, -0.15) is 0 Å². The van der Waals surface area contributed by atoms with Gasteiger partial charge in [0.05, 0.1) is 18.8 Å². The molecule has 0 aromatic heterocycles. The van der Waals surface area contributed by atoms with Crippen LogP contribution in [0.25, 0.3) is 0 Å². The highest BCUT2D eigenvalue weighted by Gasteiger charge is 2.37. The third-order valence-electron chi connectivity index (χ3n) is 2.49. The number of aliphatic imine (C=N–C) groups is 1. The molecule has 19 heavy (non-hydrogen) atoms. The largest absolute Gasteiger partial charge is 0.511 e. The fourth-order valence-corrected chi connectivity index (χ4v) is 1.80. The Hall–Kier alpha value is -1.85. The van der Waals surface area contributed by atoms with Crippen LogP contribution in [0.4, 0.5) is 0 Å². The number of ether oxygens (including phenoxy) is 2. The molecule has 0 bridgehead atoms. The molecule has 0 spiro atoms. The van der Waals surface area contributed by atoms with Crippen LogP contribution in [-0.2, 0) is 19.1 Å². The summed E-state index contributed by atoms with van der Waals surface area (Å²) in [6, 6.07) is 0. The van der Waals surface area contributed by atoms with Crippen LogP contribution in [-0.4, -0.2) is 41.5 Å². The van der Waals surface area contributed by atoms with Gasteiger partial charge in [-0.05, 0) is 27.7 Å². The zero-order chi connectivity index (χ0) is 14.6. The van der Waals surface area contributed by atoms with Crippen molar-refractivity contribution in [1.29, 1.82) is 0 Å². The summed E-state index contributed by atoms with van der Waals surface area (Å²) in [5, 5.41) is 9.98. The number of rotatable bonds is 4. The van der Waals surface area contributed by atoms with E-state index in [4.69, 9.17) is 9.47 Å². The summed E-state index contributed by atoms with van der Waals surface area (Å²) >= 11 is 0. The number of nitrogens with zero attached hydrogens (tertiary/aromatic N) is 1. The standard InChI is InChI=1S/C13H19NO5/c1-5-18-11(16)9-8(15)7-13(3,4)14-10(9)12(17)19-6-2/h15H,5-7H2,1-4H3. The number of carbonyl (C=O) groups is 2. The zero-order valence-corrected chi connectivity index (χ0v) is 11.6. The first-order valence-corrected chi connectivity index (χ1v) is 6.19. The molecular formula is C13H19NO5. The SMILES string of the molecule is CCOC(=O)C1=NC(C)(C)CC(O)=C1C(=O)OCC. The molecule has 0 aromatic carbocycles. The maximum absolute atomic E-state index is 11.8. The van der Waals surface area contributed by atoms with E-state index in [0.29, 0.717) is 0 Å². The summed E-state index contributed by atoms with van der Waals surface area (Å²) < 4.78 is 9.69. The number of dihydropyridines is 1. The van der Waals surface area contributed by atoms with Gasteiger partial charge in [-0.15, -0.1) is 0 Å². The van der Waals surface area contributed by atoms with E-state index in [2.05, 4.69) is 4.99 Å². The fourth-order valence-electron chi connectivity index (χ4n) is 1.80. The summed E-state index contributed by atoms with van der Waals surface area (Å²) in [5.41, 5.74) is -1.03. The summed E-state index contributed by atoms with van der Waals surface area (Å²) in [7, 11) is 0. The molecule has 6 heteroatoms. The van der Waals surface area contributed by atoms with Crippen molar-refractivity contribution in [2.75, 3.05) is 13.2 Å². The topological polar surface area (TPSA) is 85.2 Å². The highest BCUT2D eigenvalue weighted by Crippen LogP contribution is 2.28. The third kappa shape index (κ3) is 3.56. The maximum atomic E-state index is 11.8. The monoisotopic (exact) mass is 269 g/mol. The molecule has 0 radical (unpaired) electrons. The van der Waals surface area contributed by atoms with Gasteiger partial charge in [0.15, 0.2) is 5.71 Å². The van der Waals surface area contributed by atoms with E-state index in [1.807, 2.05) is 0 Å². The van der Waals surface area contributed by atoms with E-state index in [1.165, 1.54) is 0 Å². The van der Waals surface area contributed by atoms with E-state index in [1.54, 1.807) is 27.7 Å². The highest BCUT2D eigenvalue weighted by molar-refractivity contribution is 6.49. The molecule has 0 aliphatic carbocycles. The van der Waals surface area contributed by atoms with E-state index >= 15 is 0 Å². The Morgan fingerprint density at radius 3 is 2.26 bits per heavy atom. The van der Waals surface area contributed by atoms with Crippen molar-refractivity contribution in [3.8, 4) is 0 Å². The molecule has 0 saturated heterocycles. The molecule has 1 rings (SSSR count). The average molecular weight is 269 g/mol. The van der Waals surface area contributed by atoms with Crippen LogP contribution in [0.5, 0.6) is 0 Å². The molecule has 1 heterocycles. The normalized spacial score (nSPS) is 17.8. The molecule has 1 N–H and O–H groups in total. The summed E-state index contributed by atoms with van der Waals surface area (Å²) in [6.45, 7) is 7.11.